The van der Waals surface area contributed by atoms with Crippen molar-refractivity contribution < 1.29 is 4.79 Å². The van der Waals surface area contributed by atoms with Crippen molar-refractivity contribution in [1.29, 1.82) is 0 Å². The summed E-state index contributed by atoms with van der Waals surface area (Å²) < 4.78 is 0. The summed E-state index contributed by atoms with van der Waals surface area (Å²) in [7, 11) is 0. The maximum absolute atomic E-state index is 12.5. The van der Waals surface area contributed by atoms with Crippen LogP contribution in [0.1, 0.15) is 65.2 Å². The van der Waals surface area contributed by atoms with E-state index in [1.807, 2.05) is 0 Å². The fourth-order valence-corrected chi connectivity index (χ4v) is 4.37. The highest BCUT2D eigenvalue weighted by atomic mass is 16.2. The minimum absolute atomic E-state index is 0.0319. The van der Waals surface area contributed by atoms with Gasteiger partial charge in [0.2, 0.25) is 0 Å². The predicted molar refractivity (Wildman–Crippen MR) is 80.0 cm³/mol. The van der Waals surface area contributed by atoms with Gasteiger partial charge in [0.1, 0.15) is 0 Å². The van der Waals surface area contributed by atoms with E-state index < -0.39 is 0 Å². The van der Waals surface area contributed by atoms with Gasteiger partial charge in [-0.25, -0.2) is 5.01 Å². The van der Waals surface area contributed by atoms with Crippen LogP contribution in [0, 0.1) is 5.92 Å². The molecule has 0 radical (unpaired) electrons. The molecule has 5 atom stereocenters. The predicted octanol–water partition coefficient (Wildman–Crippen LogP) is 2.20. The summed E-state index contributed by atoms with van der Waals surface area (Å²) in [6.07, 6.45) is 9.92. The Bertz CT molecular complexity index is 336. The molecule has 4 nitrogen and oxygen atoms in total. The molecule has 1 aliphatic carbocycles. The molecule has 3 fully saturated rings. The summed E-state index contributed by atoms with van der Waals surface area (Å²) in [4.78, 5) is 12.5. The second kappa shape index (κ2) is 6.02. The number of rotatable bonds is 2. The van der Waals surface area contributed by atoms with E-state index >= 15 is 0 Å². The number of carbonyl (C=O) groups is 1. The van der Waals surface area contributed by atoms with Crippen LogP contribution in [-0.4, -0.2) is 35.1 Å². The molecule has 2 N–H and O–H groups in total. The van der Waals surface area contributed by atoms with Crippen molar-refractivity contribution in [2.45, 2.75) is 89.4 Å². The quantitative estimate of drug-likeness (QED) is 0.814. The van der Waals surface area contributed by atoms with E-state index in [0.29, 0.717) is 18.1 Å². The van der Waals surface area contributed by atoms with Crippen molar-refractivity contribution in [1.82, 2.24) is 15.8 Å². The average Bonchev–Trinajstić information content (AvgIpc) is 2.87. The maximum Gasteiger partial charge on any atom is 0.251 e. The molecule has 4 heteroatoms. The van der Waals surface area contributed by atoms with Gasteiger partial charge in [-0.3, -0.25) is 10.2 Å². The van der Waals surface area contributed by atoms with Crippen molar-refractivity contribution in [2.24, 2.45) is 5.92 Å². The molecule has 3 aliphatic rings. The number of hydrazine groups is 1. The molecule has 0 spiro atoms. The molecule has 2 heterocycles. The van der Waals surface area contributed by atoms with E-state index in [-0.39, 0.29) is 11.9 Å². The Morgan fingerprint density at radius 3 is 2.45 bits per heavy atom. The first-order valence-corrected chi connectivity index (χ1v) is 8.50. The van der Waals surface area contributed by atoms with Gasteiger partial charge in [-0.2, -0.15) is 0 Å². The van der Waals surface area contributed by atoms with Gasteiger partial charge in [-0.1, -0.05) is 19.3 Å². The molecule has 114 valence electrons. The number of hydrogen-bond acceptors (Lipinski definition) is 3. The third-order valence-corrected chi connectivity index (χ3v) is 5.61. The number of piperidine rings is 1. The van der Waals surface area contributed by atoms with Crippen molar-refractivity contribution in [3.63, 3.8) is 0 Å². The molecule has 2 saturated heterocycles. The van der Waals surface area contributed by atoms with Crippen LogP contribution in [0.4, 0.5) is 0 Å². The SMILES string of the molecule is CC1CCCC(C)N1NC(=O)C1CC2CCCCC2N1. The van der Waals surface area contributed by atoms with Crippen LogP contribution < -0.4 is 10.7 Å². The van der Waals surface area contributed by atoms with Gasteiger partial charge in [0.05, 0.1) is 6.04 Å². The standard InChI is InChI=1S/C16H29N3O/c1-11-6-5-7-12(2)19(11)18-16(20)15-10-13-8-3-4-9-14(13)17-15/h11-15,17H,3-10H2,1-2H3,(H,18,20). The highest BCUT2D eigenvalue weighted by Gasteiger charge is 2.39. The molecule has 0 aromatic carbocycles. The largest absolute Gasteiger partial charge is 0.303 e. The van der Waals surface area contributed by atoms with Gasteiger partial charge in [0.15, 0.2) is 0 Å². The van der Waals surface area contributed by atoms with Crippen molar-refractivity contribution in [3.05, 3.63) is 0 Å². The summed E-state index contributed by atoms with van der Waals surface area (Å²) in [5.41, 5.74) is 3.20. The zero-order valence-corrected chi connectivity index (χ0v) is 12.9. The zero-order chi connectivity index (χ0) is 14.1. The third kappa shape index (κ3) is 2.86. The normalized spacial score (nSPS) is 42.2. The maximum atomic E-state index is 12.5. The van der Waals surface area contributed by atoms with Gasteiger partial charge >= 0.3 is 0 Å². The van der Waals surface area contributed by atoms with Crippen LogP contribution >= 0.6 is 0 Å². The molecule has 1 saturated carbocycles. The van der Waals surface area contributed by atoms with Crippen LogP contribution in [0.15, 0.2) is 0 Å². The molecule has 0 aromatic rings. The van der Waals surface area contributed by atoms with Crippen LogP contribution in [0.25, 0.3) is 0 Å². The Labute approximate surface area is 122 Å². The third-order valence-electron chi connectivity index (χ3n) is 5.61. The number of nitrogens with one attached hydrogen (secondary N) is 2. The molecule has 3 rings (SSSR count). The molecule has 20 heavy (non-hydrogen) atoms. The van der Waals surface area contributed by atoms with Gasteiger partial charge < -0.3 is 5.32 Å². The molecular formula is C16H29N3O. The molecule has 2 aliphatic heterocycles. The smallest absolute Gasteiger partial charge is 0.251 e. The lowest BCUT2D eigenvalue weighted by molar-refractivity contribution is -0.131. The summed E-state index contributed by atoms with van der Waals surface area (Å²) in [6, 6.07) is 1.55. The number of carbonyl (C=O) groups excluding carboxylic acids is 1. The van der Waals surface area contributed by atoms with Gasteiger partial charge in [-0.05, 0) is 51.9 Å². The average molecular weight is 279 g/mol. The van der Waals surface area contributed by atoms with Crippen molar-refractivity contribution in [3.8, 4) is 0 Å². The first-order chi connectivity index (χ1) is 9.65. The Morgan fingerprint density at radius 2 is 1.75 bits per heavy atom. The lowest BCUT2D eigenvalue weighted by atomic mass is 9.85. The van der Waals surface area contributed by atoms with E-state index in [2.05, 4.69) is 29.6 Å². The molecular weight excluding hydrogens is 250 g/mol. The van der Waals surface area contributed by atoms with E-state index in [4.69, 9.17) is 0 Å². The number of nitrogens with zero attached hydrogens (tertiary/aromatic N) is 1. The Hall–Kier alpha value is -0.610. The number of fused-ring (bicyclic) bond motifs is 1. The molecule has 0 aromatic heterocycles. The molecule has 5 unspecified atom stereocenters. The lowest BCUT2D eigenvalue weighted by Crippen LogP contribution is -2.57. The lowest BCUT2D eigenvalue weighted by Gasteiger charge is -2.39. The Morgan fingerprint density at radius 1 is 1.05 bits per heavy atom. The van der Waals surface area contributed by atoms with E-state index in [1.54, 1.807) is 0 Å². The van der Waals surface area contributed by atoms with Gasteiger partial charge in [-0.15, -0.1) is 0 Å². The first-order valence-electron chi connectivity index (χ1n) is 8.50. The van der Waals surface area contributed by atoms with Crippen LogP contribution in [0.5, 0.6) is 0 Å². The number of hydrogen-bond donors (Lipinski definition) is 2. The highest BCUT2D eigenvalue weighted by molar-refractivity contribution is 5.81. The summed E-state index contributed by atoms with van der Waals surface area (Å²) in [5.74, 6) is 0.927. The fraction of sp³-hybridized carbons (Fsp3) is 0.938. The minimum atomic E-state index is 0.0319. The first kappa shape index (κ1) is 14.3. The second-order valence-corrected chi connectivity index (χ2v) is 7.12. The van der Waals surface area contributed by atoms with E-state index in [0.717, 1.165) is 12.3 Å². The van der Waals surface area contributed by atoms with Crippen molar-refractivity contribution >= 4 is 5.91 Å². The van der Waals surface area contributed by atoms with E-state index in [9.17, 15) is 4.79 Å². The Kier molecular flexibility index (Phi) is 4.32. The van der Waals surface area contributed by atoms with Gasteiger partial charge in [0.25, 0.3) is 5.91 Å². The summed E-state index contributed by atoms with van der Waals surface area (Å²) in [5, 5.41) is 5.76. The number of amides is 1. The highest BCUT2D eigenvalue weighted by Crippen LogP contribution is 2.33. The molecule has 0 bridgehead atoms. The van der Waals surface area contributed by atoms with Gasteiger partial charge in [0, 0.05) is 18.1 Å². The van der Waals surface area contributed by atoms with Crippen LogP contribution in [-0.2, 0) is 4.79 Å². The Balaban J connectivity index is 1.56. The van der Waals surface area contributed by atoms with E-state index in [1.165, 1.54) is 44.9 Å². The minimum Gasteiger partial charge on any atom is -0.303 e. The summed E-state index contributed by atoms with van der Waals surface area (Å²) >= 11 is 0. The fourth-order valence-electron chi connectivity index (χ4n) is 4.37. The van der Waals surface area contributed by atoms with Crippen LogP contribution in [0.3, 0.4) is 0 Å². The monoisotopic (exact) mass is 279 g/mol. The topological polar surface area (TPSA) is 44.4 Å². The second-order valence-electron chi connectivity index (χ2n) is 7.12. The molecule has 1 amide bonds. The van der Waals surface area contributed by atoms with Crippen molar-refractivity contribution in [2.75, 3.05) is 0 Å². The van der Waals surface area contributed by atoms with Crippen LogP contribution in [0.2, 0.25) is 0 Å². The zero-order valence-electron chi connectivity index (χ0n) is 12.9. The summed E-state index contributed by atoms with van der Waals surface area (Å²) in [6.45, 7) is 4.44.